The summed E-state index contributed by atoms with van der Waals surface area (Å²) in [5.74, 6) is -3.67. The minimum absolute atomic E-state index is 0. The topological polar surface area (TPSA) is 60.8 Å². The van der Waals surface area contributed by atoms with Crippen LogP contribution >= 0.6 is 0 Å². The fraction of sp³-hybridized carbons (Fsp3) is 0.0800. The van der Waals surface area contributed by atoms with Gasteiger partial charge in [-0.3, -0.25) is 13.8 Å². The molecule has 7 nitrogen and oxygen atoms in total. The molecule has 4 heterocycles. The molecule has 4 aromatic rings. The van der Waals surface area contributed by atoms with E-state index in [1.54, 1.807) is 29.9 Å². The molecule has 1 aromatic carbocycles. The van der Waals surface area contributed by atoms with Crippen molar-refractivity contribution in [3.63, 3.8) is 0 Å². The summed E-state index contributed by atoms with van der Waals surface area (Å²) in [6.45, 7) is 1.56. The normalized spacial score (nSPS) is 12.1. The molecule has 0 N–H and O–H groups in total. The first kappa shape index (κ1) is 27.7. The van der Waals surface area contributed by atoms with Crippen LogP contribution in [0.3, 0.4) is 0 Å². The van der Waals surface area contributed by atoms with Crippen LogP contribution in [0.1, 0.15) is 0 Å². The van der Waals surface area contributed by atoms with E-state index < -0.39 is 23.8 Å². The van der Waals surface area contributed by atoms with Gasteiger partial charge in [-0.05, 0) is 29.6 Å². The van der Waals surface area contributed by atoms with Crippen molar-refractivity contribution < 1.29 is 38.6 Å². The van der Waals surface area contributed by atoms with Gasteiger partial charge in [-0.15, -0.1) is 18.8 Å². The van der Waals surface area contributed by atoms with Gasteiger partial charge < -0.3 is 24.8 Å². The van der Waals surface area contributed by atoms with Gasteiger partial charge in [-0.25, -0.2) is 8.78 Å². The summed E-state index contributed by atoms with van der Waals surface area (Å²) < 4.78 is 52.3. The predicted molar refractivity (Wildman–Crippen MR) is 128 cm³/mol. The Bertz CT molecular complexity index is 1370. The largest absolute Gasteiger partial charge is 0.463 e. The van der Waals surface area contributed by atoms with Gasteiger partial charge in [0.2, 0.25) is 0 Å². The molecule has 0 fully saturated rings. The number of pyridine rings is 3. The van der Waals surface area contributed by atoms with Gasteiger partial charge in [0.1, 0.15) is 17.8 Å². The number of benzene rings is 1. The van der Waals surface area contributed by atoms with E-state index >= 15 is 0 Å². The zero-order valence-electron chi connectivity index (χ0n) is 19.4. The zero-order chi connectivity index (χ0) is 25.7. The van der Waals surface area contributed by atoms with Crippen LogP contribution in [-0.4, -0.2) is 35.4 Å². The number of hydrazone groups is 1. The third-order valence-electron chi connectivity index (χ3n) is 4.81. The second kappa shape index (κ2) is 12.4. The second-order valence-corrected chi connectivity index (χ2v) is 7.48. The predicted octanol–water partition coefficient (Wildman–Crippen LogP) is 4.83. The smallest absolute Gasteiger partial charge is 0.128 e. The minimum Gasteiger partial charge on any atom is -0.463 e. The first-order valence-electron chi connectivity index (χ1n) is 10.4. The Morgan fingerprint density at radius 2 is 1.57 bits per heavy atom. The molecule has 5 rings (SSSR count). The molecule has 1 aliphatic heterocycles. The first-order valence-corrected chi connectivity index (χ1v) is 10.4. The number of anilines is 3. The summed E-state index contributed by atoms with van der Waals surface area (Å²) in [4.78, 5) is 13.8. The molecule has 12 heteroatoms. The number of rotatable bonds is 4. The third-order valence-corrected chi connectivity index (χ3v) is 4.81. The Balaban J connectivity index is 0.000000201. The van der Waals surface area contributed by atoms with Gasteiger partial charge >= 0.3 is 0 Å². The van der Waals surface area contributed by atoms with Crippen LogP contribution in [0.2, 0.25) is 0 Å². The van der Waals surface area contributed by atoms with Crippen molar-refractivity contribution in [1.29, 1.82) is 0 Å². The molecule has 0 saturated heterocycles. The molecule has 0 saturated carbocycles. The van der Waals surface area contributed by atoms with E-state index in [4.69, 9.17) is 0 Å². The van der Waals surface area contributed by atoms with Crippen LogP contribution in [0.4, 0.5) is 34.6 Å². The maximum atomic E-state index is 13.5. The van der Waals surface area contributed by atoms with E-state index in [2.05, 4.69) is 32.2 Å². The van der Waals surface area contributed by atoms with Crippen molar-refractivity contribution in [3.8, 4) is 11.3 Å². The van der Waals surface area contributed by atoms with Gasteiger partial charge in [-0.2, -0.15) is 11.2 Å². The number of aromatic nitrogens is 3. The van der Waals surface area contributed by atoms with E-state index in [0.717, 1.165) is 23.5 Å². The molecule has 3 aromatic heterocycles. The van der Waals surface area contributed by atoms with Crippen LogP contribution in [0.15, 0.2) is 65.9 Å². The monoisotopic (exact) mass is 687 g/mol. The zero-order valence-corrected chi connectivity index (χ0v) is 21.7. The molecule has 0 amide bonds. The van der Waals surface area contributed by atoms with Gasteiger partial charge in [-0.1, -0.05) is 35.9 Å². The van der Waals surface area contributed by atoms with Crippen molar-refractivity contribution >= 4 is 23.4 Å². The van der Waals surface area contributed by atoms with E-state index in [-0.39, 0.29) is 32.3 Å². The van der Waals surface area contributed by atoms with Crippen molar-refractivity contribution in [2.75, 3.05) is 28.9 Å². The molecule has 0 unspecified atom stereocenters. The van der Waals surface area contributed by atoms with Crippen molar-refractivity contribution in [1.82, 2.24) is 15.0 Å². The summed E-state index contributed by atoms with van der Waals surface area (Å²) in [5, 5.41) is 5.24. The van der Waals surface area contributed by atoms with Crippen molar-refractivity contribution in [2.24, 2.45) is 5.10 Å². The number of halogens is 4. The second-order valence-electron chi connectivity index (χ2n) is 7.48. The quantitative estimate of drug-likeness (QED) is 0.174. The number of para-hydroxylation sites is 1. The van der Waals surface area contributed by atoms with Gasteiger partial charge in [0, 0.05) is 52.7 Å². The van der Waals surface area contributed by atoms with E-state index in [1.165, 1.54) is 11.3 Å². The van der Waals surface area contributed by atoms with Crippen LogP contribution in [0, 0.1) is 42.6 Å². The Morgan fingerprint density at radius 1 is 0.892 bits per heavy atom. The fourth-order valence-corrected chi connectivity index (χ4v) is 3.05. The molecule has 1 aliphatic rings. The first-order chi connectivity index (χ1) is 17.3. The van der Waals surface area contributed by atoms with Crippen molar-refractivity contribution in [3.05, 3.63) is 103 Å². The molecular formula is C25H18F4N7Pt-3. The molecule has 0 bridgehead atoms. The molecule has 194 valence electrons. The summed E-state index contributed by atoms with van der Waals surface area (Å²) in [5.41, 5.74) is 2.16. The Labute approximate surface area is 225 Å². The van der Waals surface area contributed by atoms with Crippen LogP contribution in [0.5, 0.6) is 0 Å². The SMILES string of the molecule is CN(C)c1ccnc(-c2[c-]cc(F)nc2F)c1.Fc1c[c-]c(N2[CH-]N(c3ccccc3)C=N2)c(F)n1.[Pt]. The standard InChI is InChI=1S/C13H8F2N4.C12H10F2N3.Pt/c14-12-7-6-11(13(15)17-12)19-9-18(8-16-19)10-4-2-1-3-5-10;1-17(2)8-5-6-15-10(7-8)9-3-4-11(13)16-12(9)14;/h1-5,7-9H;4-7H,1-2H3;/q-2;-1;. The van der Waals surface area contributed by atoms with E-state index in [9.17, 15) is 17.6 Å². The van der Waals surface area contributed by atoms with Gasteiger partial charge in [0.15, 0.2) is 0 Å². The molecule has 0 spiro atoms. The molecule has 0 aliphatic carbocycles. The summed E-state index contributed by atoms with van der Waals surface area (Å²) in [6, 6.07) is 19.8. The third kappa shape index (κ3) is 6.88. The number of hydrogen-bond acceptors (Lipinski definition) is 7. The van der Waals surface area contributed by atoms with Crippen LogP contribution in [-0.2, 0) is 21.1 Å². The minimum atomic E-state index is -0.955. The average molecular weight is 688 g/mol. The summed E-state index contributed by atoms with van der Waals surface area (Å²) in [6.07, 6.45) is 3.08. The van der Waals surface area contributed by atoms with E-state index in [0.29, 0.717) is 5.69 Å². The molecule has 0 radical (unpaired) electrons. The van der Waals surface area contributed by atoms with Gasteiger partial charge in [0.25, 0.3) is 0 Å². The Kier molecular flexibility index (Phi) is 9.30. The van der Waals surface area contributed by atoms with Gasteiger partial charge in [0.05, 0.1) is 12.3 Å². The van der Waals surface area contributed by atoms with Crippen LogP contribution < -0.4 is 14.8 Å². The van der Waals surface area contributed by atoms with Crippen LogP contribution in [0.25, 0.3) is 11.3 Å². The molecular weight excluding hydrogens is 669 g/mol. The van der Waals surface area contributed by atoms with Crippen molar-refractivity contribution in [2.45, 2.75) is 0 Å². The molecule has 0 atom stereocenters. The maximum absolute atomic E-state index is 13.5. The Hall–Kier alpha value is -3.85. The summed E-state index contributed by atoms with van der Waals surface area (Å²) >= 11 is 0. The summed E-state index contributed by atoms with van der Waals surface area (Å²) in [7, 11) is 3.73. The molecule has 37 heavy (non-hydrogen) atoms. The Morgan fingerprint density at radius 3 is 2.22 bits per heavy atom. The maximum Gasteiger partial charge on any atom is 0.128 e. The van der Waals surface area contributed by atoms with E-state index in [1.807, 2.05) is 49.3 Å². The number of nitrogens with zero attached hydrogens (tertiary/aromatic N) is 7. The number of hydrogen-bond donors (Lipinski definition) is 0. The fourth-order valence-electron chi connectivity index (χ4n) is 3.05. The average Bonchev–Trinajstić information content (AvgIpc) is 3.35.